The molecule has 0 atom stereocenters. The van der Waals surface area contributed by atoms with Crippen molar-refractivity contribution in [1.82, 2.24) is 5.32 Å². The van der Waals surface area contributed by atoms with E-state index in [2.05, 4.69) is 69.5 Å². The molecule has 0 heterocycles. The zero-order chi connectivity index (χ0) is 13.3. The molecule has 0 radical (unpaired) electrons. The molecule has 0 fully saturated rings. The van der Waals surface area contributed by atoms with Crippen LogP contribution in [0.3, 0.4) is 0 Å². The summed E-state index contributed by atoms with van der Waals surface area (Å²) in [5, 5.41) is 7.01. The van der Waals surface area contributed by atoms with E-state index in [4.69, 9.17) is 0 Å². The predicted molar refractivity (Wildman–Crippen MR) is 79.8 cm³/mol. The van der Waals surface area contributed by atoms with Crippen LogP contribution in [-0.4, -0.2) is 11.6 Å². The predicted octanol–water partition coefficient (Wildman–Crippen LogP) is 3.79. The molecule has 18 heavy (non-hydrogen) atoms. The maximum Gasteiger partial charge on any atom is 0.0348 e. The Morgan fingerprint density at radius 1 is 1.17 bits per heavy atom. The van der Waals surface area contributed by atoms with Crippen LogP contribution < -0.4 is 10.6 Å². The van der Waals surface area contributed by atoms with Crippen LogP contribution in [0.4, 0.5) is 5.69 Å². The number of benzene rings is 1. The average molecular weight is 244 g/mol. The normalized spacial score (nSPS) is 14.4. The molecule has 2 heteroatoms. The van der Waals surface area contributed by atoms with E-state index in [-0.39, 0.29) is 5.54 Å². The van der Waals surface area contributed by atoms with Crippen molar-refractivity contribution in [2.24, 2.45) is 0 Å². The fraction of sp³-hybridized carbons (Fsp3) is 0.500. The molecule has 0 aliphatic heterocycles. The molecule has 2 N–H and O–H groups in total. The van der Waals surface area contributed by atoms with Crippen LogP contribution in [0.1, 0.15) is 45.7 Å². The molecule has 0 saturated carbocycles. The summed E-state index contributed by atoms with van der Waals surface area (Å²) in [6.07, 6.45) is 3.29. The Morgan fingerprint density at radius 3 is 2.50 bits per heavy atom. The Morgan fingerprint density at radius 2 is 1.89 bits per heavy atom. The van der Waals surface area contributed by atoms with Crippen LogP contribution in [0.2, 0.25) is 0 Å². The topological polar surface area (TPSA) is 24.1 Å². The van der Waals surface area contributed by atoms with Gasteiger partial charge in [0.2, 0.25) is 0 Å². The molecule has 98 valence electrons. The molecule has 0 saturated heterocycles. The largest absolute Gasteiger partial charge is 0.383 e. The first-order valence-corrected chi connectivity index (χ1v) is 6.72. The smallest absolute Gasteiger partial charge is 0.0348 e. The third kappa shape index (κ3) is 3.28. The minimum Gasteiger partial charge on any atom is -0.383 e. The lowest BCUT2D eigenvalue weighted by Crippen LogP contribution is -2.34. The van der Waals surface area contributed by atoms with Gasteiger partial charge >= 0.3 is 0 Å². The third-order valence-corrected chi connectivity index (χ3v) is 2.85. The van der Waals surface area contributed by atoms with Gasteiger partial charge < -0.3 is 10.6 Å². The summed E-state index contributed by atoms with van der Waals surface area (Å²) >= 11 is 0. The van der Waals surface area contributed by atoms with Crippen LogP contribution in [0.15, 0.2) is 23.9 Å². The van der Waals surface area contributed by atoms with Crippen molar-refractivity contribution in [2.45, 2.75) is 52.6 Å². The lowest BCUT2D eigenvalue weighted by Gasteiger charge is -2.22. The number of nitrogens with one attached hydrogen (secondary N) is 2. The number of rotatable bonds is 3. The summed E-state index contributed by atoms with van der Waals surface area (Å²) in [4.78, 5) is 0. The van der Waals surface area contributed by atoms with E-state index in [0.29, 0.717) is 6.04 Å². The van der Waals surface area contributed by atoms with Crippen molar-refractivity contribution in [3.63, 3.8) is 0 Å². The van der Waals surface area contributed by atoms with Crippen molar-refractivity contribution in [3.8, 4) is 0 Å². The number of anilines is 1. The van der Waals surface area contributed by atoms with Gasteiger partial charge in [-0.25, -0.2) is 0 Å². The molecular weight excluding hydrogens is 220 g/mol. The van der Waals surface area contributed by atoms with E-state index in [0.717, 1.165) is 6.42 Å². The Balaban J connectivity index is 2.15. The van der Waals surface area contributed by atoms with E-state index in [9.17, 15) is 0 Å². The molecule has 1 aromatic carbocycles. The quantitative estimate of drug-likeness (QED) is 0.845. The molecule has 1 aliphatic carbocycles. The molecule has 2 rings (SSSR count). The highest BCUT2D eigenvalue weighted by atomic mass is 15.0. The second-order valence-corrected chi connectivity index (χ2v) is 6.43. The second kappa shape index (κ2) is 4.68. The maximum atomic E-state index is 3.57. The molecule has 0 aromatic heterocycles. The van der Waals surface area contributed by atoms with Gasteiger partial charge in [-0.05, 0) is 64.0 Å². The molecule has 0 bridgehead atoms. The first-order valence-electron chi connectivity index (χ1n) is 6.72. The number of allylic oxidation sites excluding steroid dienone is 1. The first kappa shape index (κ1) is 13.0. The minimum absolute atomic E-state index is 0.132. The van der Waals surface area contributed by atoms with Gasteiger partial charge in [0, 0.05) is 29.4 Å². The van der Waals surface area contributed by atoms with Crippen molar-refractivity contribution < 1.29 is 0 Å². The highest BCUT2D eigenvalue weighted by Gasteiger charge is 2.17. The zero-order valence-electron chi connectivity index (χ0n) is 12.1. The standard InChI is InChI=1S/C16H24N2/c1-11(2)17-14-7-6-12-8-15(10-13(12)9-14)18-16(3,4)5/h6-7,9-11,17-18H,8H2,1-5H3. The average Bonchev–Trinajstić information content (AvgIpc) is 2.54. The van der Waals surface area contributed by atoms with Crippen LogP contribution in [-0.2, 0) is 6.42 Å². The number of hydrogen-bond acceptors (Lipinski definition) is 2. The summed E-state index contributed by atoms with van der Waals surface area (Å²) < 4.78 is 0. The molecular formula is C16H24N2. The second-order valence-electron chi connectivity index (χ2n) is 6.43. The van der Waals surface area contributed by atoms with Crippen molar-refractivity contribution in [3.05, 3.63) is 35.0 Å². The highest BCUT2D eigenvalue weighted by molar-refractivity contribution is 5.67. The molecule has 1 aliphatic rings. The highest BCUT2D eigenvalue weighted by Crippen LogP contribution is 2.27. The van der Waals surface area contributed by atoms with Gasteiger partial charge in [-0.2, -0.15) is 0 Å². The Kier molecular flexibility index (Phi) is 3.38. The Bertz CT molecular complexity index is 464. The van der Waals surface area contributed by atoms with E-state index >= 15 is 0 Å². The van der Waals surface area contributed by atoms with Crippen LogP contribution in [0.25, 0.3) is 6.08 Å². The SMILES string of the molecule is CC(C)Nc1ccc2c(c1)C=C(NC(C)(C)C)C2. The van der Waals surface area contributed by atoms with Crippen LogP contribution >= 0.6 is 0 Å². The van der Waals surface area contributed by atoms with Gasteiger partial charge in [0.25, 0.3) is 0 Å². The zero-order valence-corrected chi connectivity index (χ0v) is 12.1. The lowest BCUT2D eigenvalue weighted by atomic mass is 10.1. The first-order chi connectivity index (χ1) is 8.33. The van der Waals surface area contributed by atoms with E-state index < -0.39 is 0 Å². The summed E-state index contributed by atoms with van der Waals surface area (Å²) in [6.45, 7) is 10.9. The summed E-state index contributed by atoms with van der Waals surface area (Å²) in [5.41, 5.74) is 5.41. The van der Waals surface area contributed by atoms with Crippen LogP contribution in [0, 0.1) is 0 Å². The Hall–Kier alpha value is -1.44. The van der Waals surface area contributed by atoms with E-state index in [1.54, 1.807) is 0 Å². The van der Waals surface area contributed by atoms with Gasteiger partial charge in [0.15, 0.2) is 0 Å². The van der Waals surface area contributed by atoms with Gasteiger partial charge in [-0.3, -0.25) is 0 Å². The third-order valence-electron chi connectivity index (χ3n) is 2.85. The molecule has 0 spiro atoms. The maximum absolute atomic E-state index is 3.57. The summed E-state index contributed by atoms with van der Waals surface area (Å²) in [7, 11) is 0. The van der Waals surface area contributed by atoms with Crippen molar-refractivity contribution in [2.75, 3.05) is 5.32 Å². The Labute approximate surface area is 110 Å². The fourth-order valence-corrected chi connectivity index (χ4v) is 2.32. The van der Waals surface area contributed by atoms with Gasteiger partial charge in [-0.15, -0.1) is 0 Å². The van der Waals surface area contributed by atoms with Crippen molar-refractivity contribution in [1.29, 1.82) is 0 Å². The minimum atomic E-state index is 0.132. The van der Waals surface area contributed by atoms with E-state index in [1.807, 2.05) is 0 Å². The number of fused-ring (bicyclic) bond motifs is 1. The van der Waals surface area contributed by atoms with Gasteiger partial charge in [0.05, 0.1) is 0 Å². The van der Waals surface area contributed by atoms with Crippen molar-refractivity contribution >= 4 is 11.8 Å². The molecule has 2 nitrogen and oxygen atoms in total. The molecule has 1 aromatic rings. The van der Waals surface area contributed by atoms with Crippen LogP contribution in [0.5, 0.6) is 0 Å². The summed E-state index contributed by atoms with van der Waals surface area (Å²) in [5.74, 6) is 0. The van der Waals surface area contributed by atoms with Gasteiger partial charge in [0.1, 0.15) is 0 Å². The molecule has 0 unspecified atom stereocenters. The lowest BCUT2D eigenvalue weighted by molar-refractivity contribution is 0.471. The number of hydrogen-bond donors (Lipinski definition) is 2. The van der Waals surface area contributed by atoms with E-state index in [1.165, 1.54) is 22.5 Å². The fourth-order valence-electron chi connectivity index (χ4n) is 2.32. The summed E-state index contributed by atoms with van der Waals surface area (Å²) in [6, 6.07) is 7.12. The monoisotopic (exact) mass is 244 g/mol. The molecule has 0 amide bonds. The van der Waals surface area contributed by atoms with Gasteiger partial charge in [-0.1, -0.05) is 6.07 Å².